The number of piperidine rings is 1. The Balaban J connectivity index is 1.60. The lowest BCUT2D eigenvalue weighted by molar-refractivity contribution is 0.0950. The fraction of sp³-hybridized carbons (Fsp3) is 0.353. The number of H-pyrrole nitrogens is 1. The second kappa shape index (κ2) is 7.19. The largest absolute Gasteiger partial charge is 0.346 e. The molecule has 0 spiro atoms. The maximum absolute atomic E-state index is 12.2. The molecule has 0 radical (unpaired) electrons. The van der Waals surface area contributed by atoms with Crippen LogP contribution in [0.2, 0.25) is 0 Å². The third-order valence-electron chi connectivity index (χ3n) is 4.11. The third-order valence-corrected chi connectivity index (χ3v) is 4.11. The summed E-state index contributed by atoms with van der Waals surface area (Å²) in [6, 6.07) is 9.13. The molecule has 1 unspecified atom stereocenters. The van der Waals surface area contributed by atoms with E-state index in [9.17, 15) is 9.59 Å². The van der Waals surface area contributed by atoms with Gasteiger partial charge in [0, 0.05) is 18.2 Å². The van der Waals surface area contributed by atoms with Crippen LogP contribution in [0.3, 0.4) is 0 Å². The van der Waals surface area contributed by atoms with Gasteiger partial charge in [0.25, 0.3) is 11.5 Å². The standard InChI is InChI=1S/C17H20N4O2/c22-16-8-15(20-11-21-16)10-19-17(23)13-5-3-12(4-6-13)14-2-1-7-18-9-14/h3-6,8,11,14,18H,1-2,7,9-10H2,(H,19,23)(H,20,21,22). The molecule has 1 aromatic carbocycles. The summed E-state index contributed by atoms with van der Waals surface area (Å²) < 4.78 is 0. The number of aromatic amines is 1. The molecule has 2 aromatic rings. The first-order valence-electron chi connectivity index (χ1n) is 7.85. The van der Waals surface area contributed by atoms with Crippen molar-refractivity contribution < 1.29 is 4.79 Å². The van der Waals surface area contributed by atoms with E-state index in [1.54, 1.807) is 0 Å². The molecule has 3 N–H and O–H groups in total. The second-order valence-electron chi connectivity index (χ2n) is 5.75. The molecule has 0 aliphatic carbocycles. The summed E-state index contributed by atoms with van der Waals surface area (Å²) in [6.07, 6.45) is 3.71. The molecule has 2 heterocycles. The molecule has 1 fully saturated rings. The van der Waals surface area contributed by atoms with Crippen LogP contribution in [0.4, 0.5) is 0 Å². The highest BCUT2D eigenvalue weighted by Gasteiger charge is 2.15. The quantitative estimate of drug-likeness (QED) is 0.791. The van der Waals surface area contributed by atoms with E-state index >= 15 is 0 Å². The molecule has 0 saturated carbocycles. The maximum Gasteiger partial charge on any atom is 0.251 e. The maximum atomic E-state index is 12.2. The minimum Gasteiger partial charge on any atom is -0.346 e. The van der Waals surface area contributed by atoms with E-state index in [4.69, 9.17) is 0 Å². The van der Waals surface area contributed by atoms with Crippen LogP contribution >= 0.6 is 0 Å². The number of nitrogens with one attached hydrogen (secondary N) is 3. The fourth-order valence-corrected chi connectivity index (χ4v) is 2.82. The number of hydrogen-bond donors (Lipinski definition) is 3. The number of benzene rings is 1. The number of hydrogen-bond acceptors (Lipinski definition) is 4. The van der Waals surface area contributed by atoms with Gasteiger partial charge in [-0.05, 0) is 43.0 Å². The summed E-state index contributed by atoms with van der Waals surface area (Å²) in [5, 5.41) is 6.17. The summed E-state index contributed by atoms with van der Waals surface area (Å²) in [4.78, 5) is 29.8. The highest BCUT2D eigenvalue weighted by molar-refractivity contribution is 5.94. The number of rotatable bonds is 4. The van der Waals surface area contributed by atoms with Gasteiger partial charge in [-0.1, -0.05) is 12.1 Å². The lowest BCUT2D eigenvalue weighted by atomic mass is 9.91. The molecule has 6 nitrogen and oxygen atoms in total. The third kappa shape index (κ3) is 4.04. The summed E-state index contributed by atoms with van der Waals surface area (Å²) in [7, 11) is 0. The van der Waals surface area contributed by atoms with E-state index in [2.05, 4.69) is 20.6 Å². The van der Waals surface area contributed by atoms with Gasteiger partial charge in [-0.2, -0.15) is 0 Å². The molecule has 1 aliphatic heterocycles. The van der Waals surface area contributed by atoms with Gasteiger partial charge in [0.2, 0.25) is 0 Å². The molecule has 1 amide bonds. The highest BCUT2D eigenvalue weighted by Crippen LogP contribution is 2.23. The van der Waals surface area contributed by atoms with Crippen LogP contribution in [0.15, 0.2) is 41.5 Å². The summed E-state index contributed by atoms with van der Waals surface area (Å²) in [5.41, 5.74) is 2.19. The van der Waals surface area contributed by atoms with Gasteiger partial charge in [0.05, 0.1) is 18.6 Å². The number of amides is 1. The zero-order chi connectivity index (χ0) is 16.1. The van der Waals surface area contributed by atoms with Crippen molar-refractivity contribution in [1.29, 1.82) is 0 Å². The first-order valence-corrected chi connectivity index (χ1v) is 7.85. The van der Waals surface area contributed by atoms with Crippen molar-refractivity contribution in [1.82, 2.24) is 20.6 Å². The molecule has 6 heteroatoms. The van der Waals surface area contributed by atoms with Crippen molar-refractivity contribution in [3.8, 4) is 0 Å². The average Bonchev–Trinajstić information content (AvgIpc) is 2.61. The van der Waals surface area contributed by atoms with Crippen LogP contribution in [-0.4, -0.2) is 29.0 Å². The Bertz CT molecular complexity index is 718. The molecular weight excluding hydrogens is 292 g/mol. The highest BCUT2D eigenvalue weighted by atomic mass is 16.1. The molecule has 1 aliphatic rings. The Hall–Kier alpha value is -2.47. The van der Waals surface area contributed by atoms with E-state index in [0.29, 0.717) is 17.2 Å². The van der Waals surface area contributed by atoms with Crippen LogP contribution < -0.4 is 16.2 Å². The molecule has 1 aromatic heterocycles. The van der Waals surface area contributed by atoms with E-state index in [1.165, 1.54) is 30.8 Å². The van der Waals surface area contributed by atoms with E-state index in [0.717, 1.165) is 13.1 Å². The van der Waals surface area contributed by atoms with Crippen LogP contribution in [0.25, 0.3) is 0 Å². The minimum atomic E-state index is -0.227. The lowest BCUT2D eigenvalue weighted by Gasteiger charge is -2.23. The zero-order valence-corrected chi connectivity index (χ0v) is 12.8. The van der Waals surface area contributed by atoms with Gasteiger partial charge < -0.3 is 15.6 Å². The topological polar surface area (TPSA) is 86.9 Å². The fourth-order valence-electron chi connectivity index (χ4n) is 2.82. The first-order chi connectivity index (χ1) is 11.2. The Morgan fingerprint density at radius 1 is 1.30 bits per heavy atom. The summed E-state index contributed by atoms with van der Waals surface area (Å²) >= 11 is 0. The monoisotopic (exact) mass is 312 g/mol. The number of nitrogens with zero attached hydrogens (tertiary/aromatic N) is 1. The molecule has 23 heavy (non-hydrogen) atoms. The van der Waals surface area contributed by atoms with Crippen molar-refractivity contribution in [2.75, 3.05) is 13.1 Å². The molecule has 1 saturated heterocycles. The number of carbonyl (C=O) groups is 1. The van der Waals surface area contributed by atoms with Gasteiger partial charge in [0.1, 0.15) is 0 Å². The Kier molecular flexibility index (Phi) is 4.83. The molecular formula is C17H20N4O2. The van der Waals surface area contributed by atoms with Crippen molar-refractivity contribution in [2.24, 2.45) is 0 Å². The number of aromatic nitrogens is 2. The van der Waals surface area contributed by atoms with Crippen molar-refractivity contribution >= 4 is 5.91 Å². The van der Waals surface area contributed by atoms with E-state index < -0.39 is 0 Å². The summed E-state index contributed by atoms with van der Waals surface area (Å²) in [5.74, 6) is 0.363. The van der Waals surface area contributed by atoms with Crippen LogP contribution in [0.5, 0.6) is 0 Å². The first kappa shape index (κ1) is 15.4. The Morgan fingerprint density at radius 3 is 2.83 bits per heavy atom. The molecule has 120 valence electrons. The van der Waals surface area contributed by atoms with E-state index in [1.807, 2.05) is 24.3 Å². The normalized spacial score (nSPS) is 17.7. The van der Waals surface area contributed by atoms with Crippen LogP contribution in [0.1, 0.15) is 40.4 Å². The lowest BCUT2D eigenvalue weighted by Crippen LogP contribution is -2.28. The van der Waals surface area contributed by atoms with Crippen molar-refractivity contribution in [3.63, 3.8) is 0 Å². The van der Waals surface area contributed by atoms with Crippen LogP contribution in [-0.2, 0) is 6.54 Å². The zero-order valence-electron chi connectivity index (χ0n) is 12.8. The SMILES string of the molecule is O=C(NCc1cc(=O)[nH]cn1)c1ccc(C2CCCNC2)cc1. The molecule has 1 atom stereocenters. The predicted molar refractivity (Wildman–Crippen MR) is 87.3 cm³/mol. The number of carbonyl (C=O) groups excluding carboxylic acids is 1. The molecule has 0 bridgehead atoms. The van der Waals surface area contributed by atoms with Gasteiger partial charge in [0.15, 0.2) is 0 Å². The Labute approximate surface area is 134 Å². The van der Waals surface area contributed by atoms with Gasteiger partial charge >= 0.3 is 0 Å². The van der Waals surface area contributed by atoms with Gasteiger partial charge in [-0.15, -0.1) is 0 Å². The summed E-state index contributed by atoms with van der Waals surface area (Å²) in [6.45, 7) is 2.32. The second-order valence-corrected chi connectivity index (χ2v) is 5.75. The van der Waals surface area contributed by atoms with Crippen LogP contribution in [0, 0.1) is 0 Å². The Morgan fingerprint density at radius 2 is 2.13 bits per heavy atom. The van der Waals surface area contributed by atoms with Gasteiger partial charge in [-0.25, -0.2) is 4.98 Å². The van der Waals surface area contributed by atoms with Crippen molar-refractivity contribution in [3.05, 3.63) is 63.8 Å². The smallest absolute Gasteiger partial charge is 0.251 e. The van der Waals surface area contributed by atoms with Crippen molar-refractivity contribution in [2.45, 2.75) is 25.3 Å². The van der Waals surface area contributed by atoms with E-state index in [-0.39, 0.29) is 18.0 Å². The predicted octanol–water partition coefficient (Wildman–Crippen LogP) is 1.17. The molecule has 3 rings (SSSR count). The minimum absolute atomic E-state index is 0.166. The van der Waals surface area contributed by atoms with Gasteiger partial charge in [-0.3, -0.25) is 9.59 Å². The average molecular weight is 312 g/mol.